The van der Waals surface area contributed by atoms with Gasteiger partial charge < -0.3 is 15.7 Å². The van der Waals surface area contributed by atoms with Gasteiger partial charge in [-0.2, -0.15) is 0 Å². The van der Waals surface area contributed by atoms with Gasteiger partial charge in [0.05, 0.1) is 5.69 Å². The number of carboxylic acids is 1. The van der Waals surface area contributed by atoms with E-state index in [1.54, 1.807) is 6.07 Å². The smallest absolute Gasteiger partial charge is 0.326 e. The first-order valence-corrected chi connectivity index (χ1v) is 5.24. The van der Waals surface area contributed by atoms with Crippen molar-refractivity contribution in [2.75, 3.05) is 18.0 Å². The topological polar surface area (TPSA) is 92.3 Å². The van der Waals surface area contributed by atoms with E-state index in [9.17, 15) is 4.79 Å². The first-order valence-electron chi connectivity index (χ1n) is 5.24. The molecule has 2 rings (SSSR count). The lowest BCUT2D eigenvalue weighted by Gasteiger charge is -2.17. The molecule has 1 atom stereocenters. The van der Waals surface area contributed by atoms with E-state index in [0.717, 1.165) is 31.7 Å². The Labute approximate surface area is 93.1 Å². The molecule has 1 saturated heterocycles. The molecule has 16 heavy (non-hydrogen) atoms. The molecule has 0 radical (unpaired) electrons. The van der Waals surface area contributed by atoms with Gasteiger partial charge in [0.25, 0.3) is 0 Å². The van der Waals surface area contributed by atoms with Gasteiger partial charge >= 0.3 is 5.97 Å². The summed E-state index contributed by atoms with van der Waals surface area (Å²) in [5, 5.41) is 8.79. The molecule has 0 bridgehead atoms. The van der Waals surface area contributed by atoms with Crippen LogP contribution in [0.4, 0.5) is 5.82 Å². The number of aliphatic carboxylic acids is 1. The zero-order valence-corrected chi connectivity index (χ0v) is 8.83. The molecule has 0 spiro atoms. The molecule has 1 aliphatic heterocycles. The van der Waals surface area contributed by atoms with Crippen molar-refractivity contribution < 1.29 is 9.90 Å². The van der Waals surface area contributed by atoms with E-state index in [4.69, 9.17) is 10.8 Å². The van der Waals surface area contributed by atoms with E-state index in [0.29, 0.717) is 5.69 Å². The highest BCUT2D eigenvalue weighted by molar-refractivity contribution is 5.74. The van der Waals surface area contributed by atoms with Crippen LogP contribution in [0.3, 0.4) is 0 Å². The molecule has 0 aromatic carbocycles. The molecule has 1 unspecified atom stereocenters. The lowest BCUT2D eigenvalue weighted by atomic mass is 10.2. The number of hydrogen-bond acceptors (Lipinski definition) is 5. The average Bonchev–Trinajstić information content (AvgIpc) is 2.81. The highest BCUT2D eigenvalue weighted by atomic mass is 16.4. The molecule has 6 nitrogen and oxygen atoms in total. The van der Waals surface area contributed by atoms with Gasteiger partial charge in [-0.15, -0.1) is 0 Å². The van der Waals surface area contributed by atoms with E-state index in [2.05, 4.69) is 14.9 Å². The highest BCUT2D eigenvalue weighted by Crippen LogP contribution is 2.19. The van der Waals surface area contributed by atoms with Crippen LogP contribution in [0.25, 0.3) is 0 Å². The van der Waals surface area contributed by atoms with Crippen LogP contribution in [0, 0.1) is 0 Å². The number of anilines is 1. The maximum Gasteiger partial charge on any atom is 0.326 e. The largest absolute Gasteiger partial charge is 0.480 e. The summed E-state index contributed by atoms with van der Waals surface area (Å²) < 4.78 is 0. The Bertz CT molecular complexity index is 390. The number of carbonyl (C=O) groups is 1. The summed E-state index contributed by atoms with van der Waals surface area (Å²) in [5.74, 6) is -0.315. The third kappa shape index (κ3) is 2.11. The Balaban J connectivity index is 2.21. The van der Waals surface area contributed by atoms with Gasteiger partial charge in [-0.3, -0.25) is 4.79 Å². The van der Waals surface area contributed by atoms with Crippen molar-refractivity contribution in [2.24, 2.45) is 5.73 Å². The Morgan fingerprint density at radius 3 is 2.75 bits per heavy atom. The zero-order chi connectivity index (χ0) is 11.5. The van der Waals surface area contributed by atoms with Crippen LogP contribution in [0.2, 0.25) is 0 Å². The van der Waals surface area contributed by atoms with Gasteiger partial charge in [0.1, 0.15) is 18.2 Å². The molecule has 6 heteroatoms. The Morgan fingerprint density at radius 2 is 2.12 bits per heavy atom. The summed E-state index contributed by atoms with van der Waals surface area (Å²) in [7, 11) is 0. The summed E-state index contributed by atoms with van der Waals surface area (Å²) in [4.78, 5) is 20.9. The van der Waals surface area contributed by atoms with Crippen molar-refractivity contribution in [3.8, 4) is 0 Å². The van der Waals surface area contributed by atoms with Gasteiger partial charge in [0.15, 0.2) is 0 Å². The average molecular weight is 222 g/mol. The van der Waals surface area contributed by atoms with E-state index >= 15 is 0 Å². The predicted octanol–water partition coefficient (Wildman–Crippen LogP) is 0.161. The highest BCUT2D eigenvalue weighted by Gasteiger charge is 2.19. The lowest BCUT2D eigenvalue weighted by molar-refractivity contribution is -0.138. The van der Waals surface area contributed by atoms with Crippen LogP contribution in [-0.2, 0) is 4.79 Å². The van der Waals surface area contributed by atoms with Crippen molar-refractivity contribution in [3.05, 3.63) is 18.1 Å². The van der Waals surface area contributed by atoms with Crippen molar-refractivity contribution in [1.82, 2.24) is 9.97 Å². The number of nitrogens with two attached hydrogens (primary N) is 1. The van der Waals surface area contributed by atoms with Crippen LogP contribution >= 0.6 is 0 Å². The third-order valence-electron chi connectivity index (χ3n) is 2.69. The molecule has 0 aliphatic carbocycles. The monoisotopic (exact) mass is 222 g/mol. The van der Waals surface area contributed by atoms with Crippen LogP contribution < -0.4 is 10.6 Å². The van der Waals surface area contributed by atoms with Crippen LogP contribution in [0.15, 0.2) is 12.4 Å². The Morgan fingerprint density at radius 1 is 1.44 bits per heavy atom. The quantitative estimate of drug-likeness (QED) is 0.756. The van der Waals surface area contributed by atoms with Gasteiger partial charge in [0.2, 0.25) is 0 Å². The lowest BCUT2D eigenvalue weighted by Crippen LogP contribution is -2.24. The summed E-state index contributed by atoms with van der Waals surface area (Å²) >= 11 is 0. The molecule has 1 aromatic rings. The summed E-state index contributed by atoms with van der Waals surface area (Å²) in [6.45, 7) is 1.91. The van der Waals surface area contributed by atoms with Crippen LogP contribution in [0.1, 0.15) is 24.6 Å². The minimum Gasteiger partial charge on any atom is -0.480 e. The second-order valence-corrected chi connectivity index (χ2v) is 3.81. The number of carboxylic acid groups (broad SMARTS) is 1. The van der Waals surface area contributed by atoms with Crippen molar-refractivity contribution in [2.45, 2.75) is 18.9 Å². The summed E-state index contributed by atoms with van der Waals surface area (Å²) in [6.07, 6.45) is 3.65. The molecule has 86 valence electrons. The number of aromatic nitrogens is 2. The minimum atomic E-state index is -1.08. The van der Waals surface area contributed by atoms with Crippen molar-refractivity contribution in [1.29, 1.82) is 0 Å². The fraction of sp³-hybridized carbons (Fsp3) is 0.500. The molecular weight excluding hydrogens is 208 g/mol. The van der Waals surface area contributed by atoms with E-state index in [-0.39, 0.29) is 0 Å². The fourth-order valence-corrected chi connectivity index (χ4v) is 1.78. The Kier molecular flexibility index (Phi) is 3.00. The molecule has 3 N–H and O–H groups in total. The fourth-order valence-electron chi connectivity index (χ4n) is 1.78. The minimum absolute atomic E-state index is 0.351. The molecule has 2 heterocycles. The van der Waals surface area contributed by atoms with E-state index in [1.807, 2.05) is 0 Å². The van der Waals surface area contributed by atoms with Crippen LogP contribution in [-0.4, -0.2) is 34.1 Å². The Hall–Kier alpha value is -1.69. The third-order valence-corrected chi connectivity index (χ3v) is 2.69. The molecule has 0 amide bonds. The van der Waals surface area contributed by atoms with Gasteiger partial charge in [-0.05, 0) is 12.8 Å². The first kappa shape index (κ1) is 10.8. The summed E-state index contributed by atoms with van der Waals surface area (Å²) in [5.41, 5.74) is 5.85. The molecule has 1 aromatic heterocycles. The van der Waals surface area contributed by atoms with E-state index in [1.165, 1.54) is 6.33 Å². The molecule has 1 fully saturated rings. The normalized spacial score (nSPS) is 17.4. The van der Waals surface area contributed by atoms with Gasteiger partial charge in [-0.1, -0.05) is 0 Å². The summed E-state index contributed by atoms with van der Waals surface area (Å²) in [6, 6.07) is 0.578. The zero-order valence-electron chi connectivity index (χ0n) is 8.83. The van der Waals surface area contributed by atoms with Crippen molar-refractivity contribution in [3.63, 3.8) is 0 Å². The van der Waals surface area contributed by atoms with E-state index < -0.39 is 12.0 Å². The first-order chi connectivity index (χ1) is 7.68. The molecule has 1 aliphatic rings. The van der Waals surface area contributed by atoms with Gasteiger partial charge in [-0.25, -0.2) is 9.97 Å². The number of rotatable bonds is 3. The standard InChI is InChI=1S/C10H14N4O2/c11-9(10(15)16)7-5-8(13-6-12-7)14-3-1-2-4-14/h5-6,9H,1-4,11H2,(H,15,16). The maximum atomic E-state index is 10.7. The molecular formula is C10H14N4O2. The predicted molar refractivity (Wildman–Crippen MR) is 58.0 cm³/mol. The second kappa shape index (κ2) is 4.44. The number of hydrogen-bond donors (Lipinski definition) is 2. The molecule has 0 saturated carbocycles. The van der Waals surface area contributed by atoms with Gasteiger partial charge in [0, 0.05) is 19.2 Å². The second-order valence-electron chi connectivity index (χ2n) is 3.81. The number of nitrogens with zero attached hydrogens (tertiary/aromatic N) is 3. The van der Waals surface area contributed by atoms with Crippen molar-refractivity contribution >= 4 is 11.8 Å². The van der Waals surface area contributed by atoms with Crippen LogP contribution in [0.5, 0.6) is 0 Å². The SMILES string of the molecule is NC(C(=O)O)c1cc(N2CCCC2)ncn1. The maximum absolute atomic E-state index is 10.7.